The highest BCUT2D eigenvalue weighted by molar-refractivity contribution is 6.30. The molecule has 2 N–H and O–H groups in total. The molecule has 0 aromatic heterocycles. The molecule has 140 valence electrons. The van der Waals surface area contributed by atoms with E-state index < -0.39 is 17.7 Å². The molecule has 0 aliphatic carbocycles. The lowest BCUT2D eigenvalue weighted by atomic mass is 10.1. The van der Waals surface area contributed by atoms with Gasteiger partial charge in [0, 0.05) is 35.3 Å². The summed E-state index contributed by atoms with van der Waals surface area (Å²) in [6, 6.07) is 13.4. The van der Waals surface area contributed by atoms with Crippen LogP contribution in [-0.2, 0) is 9.59 Å². The number of halogens is 1. The molecule has 1 unspecified atom stereocenters. The number of carbonyl (C=O) groups excluding carboxylic acids is 3. The number of benzene rings is 2. The maximum absolute atomic E-state index is 12.3. The summed E-state index contributed by atoms with van der Waals surface area (Å²) in [4.78, 5) is 38.2. The van der Waals surface area contributed by atoms with Crippen LogP contribution in [0, 0.1) is 5.92 Å². The molecule has 27 heavy (non-hydrogen) atoms. The minimum atomic E-state index is -0.566. The summed E-state index contributed by atoms with van der Waals surface area (Å²) in [5.74, 6) is -1.01. The van der Waals surface area contributed by atoms with Crippen molar-refractivity contribution in [3.63, 3.8) is 0 Å². The van der Waals surface area contributed by atoms with Gasteiger partial charge in [-0.2, -0.15) is 0 Å². The van der Waals surface area contributed by atoms with Gasteiger partial charge in [0.05, 0.1) is 13.0 Å². The van der Waals surface area contributed by atoms with E-state index in [0.29, 0.717) is 22.0 Å². The Morgan fingerprint density at radius 1 is 1.15 bits per heavy atom. The van der Waals surface area contributed by atoms with Crippen LogP contribution in [0.2, 0.25) is 5.02 Å². The van der Waals surface area contributed by atoms with Crippen LogP contribution >= 0.6 is 11.6 Å². The molecule has 8 heteroatoms. The number of methoxy groups -OCH3 is 1. The highest BCUT2D eigenvalue weighted by Crippen LogP contribution is 2.27. The minimum Gasteiger partial charge on any atom is -0.497 e. The van der Waals surface area contributed by atoms with Crippen LogP contribution in [0.5, 0.6) is 5.75 Å². The molecule has 1 heterocycles. The fourth-order valence-electron chi connectivity index (χ4n) is 2.83. The average molecular weight is 388 g/mol. The molecule has 2 aromatic carbocycles. The Balaban J connectivity index is 1.59. The van der Waals surface area contributed by atoms with Gasteiger partial charge in [-0.15, -0.1) is 0 Å². The van der Waals surface area contributed by atoms with Crippen LogP contribution in [0.1, 0.15) is 16.8 Å². The van der Waals surface area contributed by atoms with E-state index in [1.165, 1.54) is 11.0 Å². The molecule has 1 aliphatic rings. The van der Waals surface area contributed by atoms with Crippen molar-refractivity contribution in [3.8, 4) is 5.75 Å². The Morgan fingerprint density at radius 2 is 1.93 bits per heavy atom. The Morgan fingerprint density at radius 3 is 2.67 bits per heavy atom. The first-order valence-corrected chi connectivity index (χ1v) is 8.66. The van der Waals surface area contributed by atoms with E-state index in [4.69, 9.17) is 16.3 Å². The number of anilines is 1. The molecule has 2 aromatic rings. The first kappa shape index (κ1) is 18.7. The number of nitrogens with zero attached hydrogens (tertiary/aromatic N) is 1. The van der Waals surface area contributed by atoms with Crippen LogP contribution in [-0.4, -0.2) is 31.4 Å². The van der Waals surface area contributed by atoms with Gasteiger partial charge in [-0.25, -0.2) is 0 Å². The average Bonchev–Trinajstić information content (AvgIpc) is 3.07. The van der Waals surface area contributed by atoms with Gasteiger partial charge in [0.15, 0.2) is 0 Å². The number of hydrogen-bond donors (Lipinski definition) is 2. The van der Waals surface area contributed by atoms with Crippen LogP contribution in [0.4, 0.5) is 5.69 Å². The van der Waals surface area contributed by atoms with Crippen molar-refractivity contribution in [1.29, 1.82) is 0 Å². The number of amides is 3. The fourth-order valence-corrected chi connectivity index (χ4v) is 3.02. The highest BCUT2D eigenvalue weighted by atomic mass is 35.5. The highest BCUT2D eigenvalue weighted by Gasteiger charge is 2.35. The van der Waals surface area contributed by atoms with Crippen molar-refractivity contribution in [2.75, 3.05) is 18.6 Å². The number of hydrogen-bond acceptors (Lipinski definition) is 4. The Bertz CT molecular complexity index is 887. The van der Waals surface area contributed by atoms with Gasteiger partial charge in [0.25, 0.3) is 5.91 Å². The van der Waals surface area contributed by atoms with Gasteiger partial charge in [-0.1, -0.05) is 23.7 Å². The summed E-state index contributed by atoms with van der Waals surface area (Å²) >= 11 is 5.85. The largest absolute Gasteiger partial charge is 0.497 e. The van der Waals surface area contributed by atoms with E-state index in [1.807, 2.05) is 0 Å². The lowest BCUT2D eigenvalue weighted by Gasteiger charge is -2.17. The molecule has 0 saturated carbocycles. The van der Waals surface area contributed by atoms with E-state index in [1.54, 1.807) is 49.6 Å². The number of rotatable bonds is 4. The van der Waals surface area contributed by atoms with Crippen LogP contribution in [0.25, 0.3) is 0 Å². The van der Waals surface area contributed by atoms with E-state index in [0.717, 1.165) is 0 Å². The summed E-state index contributed by atoms with van der Waals surface area (Å²) in [7, 11) is 1.55. The molecule has 1 atom stereocenters. The van der Waals surface area contributed by atoms with E-state index in [9.17, 15) is 14.4 Å². The van der Waals surface area contributed by atoms with E-state index >= 15 is 0 Å². The van der Waals surface area contributed by atoms with Gasteiger partial charge >= 0.3 is 0 Å². The summed E-state index contributed by atoms with van der Waals surface area (Å²) in [6.45, 7) is 0.227. The van der Waals surface area contributed by atoms with Crippen molar-refractivity contribution in [2.45, 2.75) is 6.42 Å². The zero-order valence-electron chi connectivity index (χ0n) is 14.6. The number of nitrogens with one attached hydrogen (secondary N) is 2. The lowest BCUT2D eigenvalue weighted by molar-refractivity contribution is -0.126. The number of carbonyl (C=O) groups is 3. The van der Waals surface area contributed by atoms with Crippen molar-refractivity contribution < 1.29 is 19.1 Å². The third-order valence-corrected chi connectivity index (χ3v) is 4.48. The van der Waals surface area contributed by atoms with Crippen molar-refractivity contribution in [2.24, 2.45) is 5.92 Å². The second-order valence-electron chi connectivity index (χ2n) is 6.06. The molecule has 3 amide bonds. The van der Waals surface area contributed by atoms with Gasteiger partial charge in [-0.05, 0) is 30.3 Å². The smallest absolute Gasteiger partial charge is 0.269 e. The summed E-state index contributed by atoms with van der Waals surface area (Å²) < 4.78 is 5.17. The predicted octanol–water partition coefficient (Wildman–Crippen LogP) is 2.16. The van der Waals surface area contributed by atoms with E-state index in [2.05, 4.69) is 10.9 Å². The van der Waals surface area contributed by atoms with Gasteiger partial charge in [-0.3, -0.25) is 25.2 Å². The van der Waals surface area contributed by atoms with E-state index in [-0.39, 0.29) is 18.9 Å². The maximum atomic E-state index is 12.3. The maximum Gasteiger partial charge on any atom is 0.269 e. The van der Waals surface area contributed by atoms with Gasteiger partial charge in [0.2, 0.25) is 11.8 Å². The minimum absolute atomic E-state index is 0.0656. The molecule has 1 aliphatic heterocycles. The molecule has 1 fully saturated rings. The quantitative estimate of drug-likeness (QED) is 0.787. The first-order chi connectivity index (χ1) is 13.0. The third kappa shape index (κ3) is 4.38. The molecule has 0 radical (unpaired) electrons. The number of ether oxygens (including phenoxy) is 1. The Kier molecular flexibility index (Phi) is 5.61. The van der Waals surface area contributed by atoms with Crippen molar-refractivity contribution >= 4 is 35.0 Å². The van der Waals surface area contributed by atoms with Crippen LogP contribution < -0.4 is 20.5 Å². The molecule has 3 rings (SSSR count). The Labute approximate surface area is 161 Å². The zero-order chi connectivity index (χ0) is 19.4. The number of hydrazine groups is 1. The fraction of sp³-hybridized carbons (Fsp3) is 0.211. The van der Waals surface area contributed by atoms with Crippen LogP contribution in [0.15, 0.2) is 48.5 Å². The topological polar surface area (TPSA) is 87.7 Å². The standard InChI is InChI=1S/C19H18ClN3O4/c1-27-16-7-3-6-15(10-16)23-11-13(9-17(23)24)19(26)22-21-18(25)12-4-2-5-14(20)8-12/h2-8,10,13H,9,11H2,1H3,(H,21,25)(H,22,26). The third-order valence-electron chi connectivity index (χ3n) is 4.25. The second kappa shape index (κ2) is 8.09. The van der Waals surface area contributed by atoms with Crippen molar-refractivity contribution in [3.05, 3.63) is 59.1 Å². The molecule has 7 nitrogen and oxygen atoms in total. The lowest BCUT2D eigenvalue weighted by Crippen LogP contribution is -2.45. The Hall–Kier alpha value is -3.06. The zero-order valence-corrected chi connectivity index (χ0v) is 15.3. The molecular formula is C19H18ClN3O4. The normalized spacial score (nSPS) is 16.1. The van der Waals surface area contributed by atoms with Crippen molar-refractivity contribution in [1.82, 2.24) is 10.9 Å². The first-order valence-electron chi connectivity index (χ1n) is 8.28. The SMILES string of the molecule is COc1cccc(N2CC(C(=O)NNC(=O)c3cccc(Cl)c3)CC2=O)c1. The molecule has 0 bridgehead atoms. The van der Waals surface area contributed by atoms with Gasteiger partial charge in [0.1, 0.15) is 5.75 Å². The van der Waals surface area contributed by atoms with Crippen LogP contribution in [0.3, 0.4) is 0 Å². The summed E-state index contributed by atoms with van der Waals surface area (Å²) in [6.07, 6.45) is 0.0656. The second-order valence-corrected chi connectivity index (χ2v) is 6.50. The summed E-state index contributed by atoms with van der Waals surface area (Å²) in [5, 5.41) is 0.421. The van der Waals surface area contributed by atoms with Gasteiger partial charge < -0.3 is 9.64 Å². The molecule has 1 saturated heterocycles. The monoisotopic (exact) mass is 387 g/mol. The molecular weight excluding hydrogens is 370 g/mol. The molecule has 0 spiro atoms. The summed E-state index contributed by atoms with van der Waals surface area (Å²) in [5.41, 5.74) is 5.70. The predicted molar refractivity (Wildman–Crippen MR) is 101 cm³/mol.